The van der Waals surface area contributed by atoms with Crippen LogP contribution in [0, 0.1) is 11.8 Å². The molecular formula is C33H44N3O6P. The third kappa shape index (κ3) is 11.6. The van der Waals surface area contributed by atoms with Crippen LogP contribution in [0.4, 0.5) is 5.69 Å². The first-order valence-electron chi connectivity index (χ1n) is 15.2. The molecule has 1 aliphatic rings. The quantitative estimate of drug-likeness (QED) is 0.127. The Bertz CT molecular complexity index is 1350. The molecule has 3 rings (SSSR count). The monoisotopic (exact) mass is 609 g/mol. The summed E-state index contributed by atoms with van der Waals surface area (Å²) in [6.45, 7) is 4.83. The molecule has 9 nitrogen and oxygen atoms in total. The van der Waals surface area contributed by atoms with Gasteiger partial charge in [0.2, 0.25) is 17.7 Å². The molecule has 0 aliphatic carbocycles. The highest BCUT2D eigenvalue weighted by atomic mass is 31.2. The number of benzene rings is 2. The topological polar surface area (TPSA) is 125 Å². The molecule has 0 saturated carbocycles. The molecule has 43 heavy (non-hydrogen) atoms. The van der Waals surface area contributed by atoms with Gasteiger partial charge in [-0.15, -0.1) is 0 Å². The van der Waals surface area contributed by atoms with Crippen molar-refractivity contribution < 1.29 is 28.4 Å². The second kappa shape index (κ2) is 17.6. The lowest BCUT2D eigenvalue weighted by Crippen LogP contribution is -2.35. The maximum Gasteiger partial charge on any atom is 0.330 e. The van der Waals surface area contributed by atoms with Gasteiger partial charge in [-0.3, -0.25) is 18.9 Å². The molecule has 232 valence electrons. The van der Waals surface area contributed by atoms with Gasteiger partial charge in [0.05, 0.1) is 24.5 Å². The standard InChI is InChI=1S/C33H44N3O6P/c1-26(2)43(40,41)42-24-12-4-3-11-22-34-31(37)17-9-10-18-32(38)35-23-21-33(39)36-25-29-15-6-5-13-27(29)19-20-28-14-7-8-16-30(28)36/h5-8,13-16,26H,3-4,9-12,17-18,21-25H2,1-2H3,(H,34,37)(H,35,38)(H,40,41). The summed E-state index contributed by atoms with van der Waals surface area (Å²) in [4.78, 5) is 49.0. The third-order valence-corrected chi connectivity index (χ3v) is 9.07. The van der Waals surface area contributed by atoms with Gasteiger partial charge in [-0.2, -0.15) is 0 Å². The fourth-order valence-electron chi connectivity index (χ4n) is 4.55. The molecule has 3 amide bonds. The Hall–Kier alpha value is -3.44. The highest BCUT2D eigenvalue weighted by molar-refractivity contribution is 7.53. The summed E-state index contributed by atoms with van der Waals surface area (Å²) >= 11 is 0. The normalized spacial score (nSPS) is 13.4. The Morgan fingerprint density at radius 2 is 1.44 bits per heavy atom. The molecule has 0 spiro atoms. The highest BCUT2D eigenvalue weighted by Gasteiger charge is 2.24. The molecule has 0 saturated heterocycles. The lowest BCUT2D eigenvalue weighted by Gasteiger charge is -2.26. The summed E-state index contributed by atoms with van der Waals surface area (Å²) in [7, 11) is -3.50. The van der Waals surface area contributed by atoms with Crippen LogP contribution in [0.3, 0.4) is 0 Å². The summed E-state index contributed by atoms with van der Waals surface area (Å²) in [5.41, 5.74) is 3.05. The molecule has 0 bridgehead atoms. The third-order valence-electron chi connectivity index (χ3n) is 7.21. The predicted molar refractivity (Wildman–Crippen MR) is 169 cm³/mol. The Balaban J connectivity index is 1.27. The Morgan fingerprint density at radius 1 is 0.837 bits per heavy atom. The molecule has 1 unspecified atom stereocenters. The zero-order valence-corrected chi connectivity index (χ0v) is 26.2. The molecule has 2 aromatic carbocycles. The van der Waals surface area contributed by atoms with Crippen LogP contribution in [0.5, 0.6) is 0 Å². The lowest BCUT2D eigenvalue weighted by molar-refractivity contribution is -0.123. The van der Waals surface area contributed by atoms with E-state index >= 15 is 0 Å². The van der Waals surface area contributed by atoms with E-state index in [4.69, 9.17) is 4.52 Å². The first-order valence-corrected chi connectivity index (χ1v) is 16.8. The number of amides is 3. The van der Waals surface area contributed by atoms with Crippen molar-refractivity contribution in [2.24, 2.45) is 0 Å². The lowest BCUT2D eigenvalue weighted by atomic mass is 10.0. The summed E-state index contributed by atoms with van der Waals surface area (Å²) in [6, 6.07) is 15.4. The van der Waals surface area contributed by atoms with Crippen molar-refractivity contribution in [2.75, 3.05) is 24.6 Å². The van der Waals surface area contributed by atoms with Crippen LogP contribution in [0.25, 0.3) is 0 Å². The molecule has 3 N–H and O–H groups in total. The number of hydrogen-bond donors (Lipinski definition) is 3. The molecule has 0 radical (unpaired) electrons. The van der Waals surface area contributed by atoms with Gasteiger partial charge in [-0.05, 0) is 49.4 Å². The Kier molecular flexibility index (Phi) is 14.0. The Labute approximate surface area is 255 Å². The second-order valence-electron chi connectivity index (χ2n) is 11.0. The number of rotatable bonds is 17. The van der Waals surface area contributed by atoms with Gasteiger partial charge in [-0.25, -0.2) is 0 Å². The van der Waals surface area contributed by atoms with E-state index < -0.39 is 13.3 Å². The van der Waals surface area contributed by atoms with Crippen molar-refractivity contribution >= 4 is 31.0 Å². The average Bonchev–Trinajstić information content (AvgIpc) is 2.97. The van der Waals surface area contributed by atoms with Gasteiger partial charge in [0.1, 0.15) is 0 Å². The largest absolute Gasteiger partial charge is 0.356 e. The SMILES string of the molecule is CC(C)P(=O)(O)OCCCCCCNC(=O)CCCCC(=O)NCCC(=O)N1Cc2ccccc2C#Cc2ccccc21. The molecule has 0 aromatic heterocycles. The number of unbranched alkanes of at least 4 members (excludes halogenated alkanes) is 4. The van der Waals surface area contributed by atoms with Crippen molar-refractivity contribution in [2.45, 2.75) is 83.8 Å². The number of carbonyl (C=O) groups is 3. The van der Waals surface area contributed by atoms with E-state index in [1.165, 1.54) is 0 Å². The van der Waals surface area contributed by atoms with E-state index in [-0.39, 0.29) is 37.3 Å². The van der Waals surface area contributed by atoms with E-state index in [0.717, 1.165) is 41.6 Å². The van der Waals surface area contributed by atoms with Crippen LogP contribution in [0.1, 0.15) is 88.3 Å². The van der Waals surface area contributed by atoms with Crippen molar-refractivity contribution in [3.8, 4) is 11.8 Å². The van der Waals surface area contributed by atoms with Crippen LogP contribution >= 0.6 is 7.60 Å². The van der Waals surface area contributed by atoms with E-state index in [0.29, 0.717) is 45.2 Å². The summed E-state index contributed by atoms with van der Waals surface area (Å²) in [6.07, 6.45) is 5.33. The maximum absolute atomic E-state index is 13.2. The summed E-state index contributed by atoms with van der Waals surface area (Å²) in [5.74, 6) is 6.14. The van der Waals surface area contributed by atoms with Crippen LogP contribution in [0.15, 0.2) is 48.5 Å². The van der Waals surface area contributed by atoms with Gasteiger partial charge < -0.3 is 25.0 Å². The first kappa shape index (κ1) is 34.1. The minimum atomic E-state index is -3.50. The molecule has 1 heterocycles. The zero-order chi connectivity index (χ0) is 31.1. The zero-order valence-electron chi connectivity index (χ0n) is 25.3. The summed E-state index contributed by atoms with van der Waals surface area (Å²) < 4.78 is 16.8. The van der Waals surface area contributed by atoms with E-state index in [9.17, 15) is 23.8 Å². The smallest absolute Gasteiger partial charge is 0.330 e. The van der Waals surface area contributed by atoms with Gasteiger partial charge in [0, 0.05) is 43.5 Å². The van der Waals surface area contributed by atoms with Gasteiger partial charge in [0.15, 0.2) is 0 Å². The van der Waals surface area contributed by atoms with Crippen LogP contribution in [0.2, 0.25) is 0 Å². The fraction of sp³-hybridized carbons (Fsp3) is 0.485. The average molecular weight is 610 g/mol. The molecule has 2 aromatic rings. The second-order valence-corrected chi connectivity index (χ2v) is 13.4. The van der Waals surface area contributed by atoms with Crippen LogP contribution < -0.4 is 15.5 Å². The number of anilines is 1. The van der Waals surface area contributed by atoms with Crippen LogP contribution in [-0.4, -0.2) is 48.0 Å². The molecule has 0 fully saturated rings. The number of nitrogens with zero attached hydrogens (tertiary/aromatic N) is 1. The van der Waals surface area contributed by atoms with E-state index in [2.05, 4.69) is 22.5 Å². The number of carbonyl (C=O) groups excluding carboxylic acids is 3. The van der Waals surface area contributed by atoms with E-state index in [1.54, 1.807) is 18.7 Å². The van der Waals surface area contributed by atoms with Gasteiger partial charge in [-0.1, -0.05) is 68.9 Å². The Morgan fingerprint density at radius 3 is 2.16 bits per heavy atom. The van der Waals surface area contributed by atoms with Crippen molar-refractivity contribution in [3.63, 3.8) is 0 Å². The van der Waals surface area contributed by atoms with E-state index in [1.807, 2.05) is 48.5 Å². The van der Waals surface area contributed by atoms with Crippen LogP contribution in [-0.2, 0) is 30.0 Å². The highest BCUT2D eigenvalue weighted by Crippen LogP contribution is 2.47. The van der Waals surface area contributed by atoms with Crippen molar-refractivity contribution in [1.82, 2.24) is 10.6 Å². The predicted octanol–water partition coefficient (Wildman–Crippen LogP) is 5.29. The molecular weight excluding hydrogens is 565 g/mol. The number of para-hydroxylation sites is 1. The number of fused-ring (bicyclic) bond motifs is 2. The van der Waals surface area contributed by atoms with Crippen molar-refractivity contribution in [3.05, 3.63) is 65.2 Å². The first-order chi connectivity index (χ1) is 20.7. The number of nitrogens with one attached hydrogen (secondary N) is 2. The molecule has 10 heteroatoms. The summed E-state index contributed by atoms with van der Waals surface area (Å²) in [5, 5.41) is 5.73. The molecule has 1 atom stereocenters. The maximum atomic E-state index is 13.2. The number of hydrogen-bond acceptors (Lipinski definition) is 5. The minimum absolute atomic E-state index is 0.0349. The van der Waals surface area contributed by atoms with Crippen molar-refractivity contribution in [1.29, 1.82) is 0 Å². The van der Waals surface area contributed by atoms with Gasteiger partial charge >= 0.3 is 7.60 Å². The van der Waals surface area contributed by atoms with Gasteiger partial charge in [0.25, 0.3) is 0 Å². The molecule has 1 aliphatic heterocycles. The minimum Gasteiger partial charge on any atom is -0.356 e. The fourth-order valence-corrected chi connectivity index (χ4v) is 5.24.